The summed E-state index contributed by atoms with van der Waals surface area (Å²) in [6, 6.07) is 8.15. The number of fused-ring (bicyclic) bond motifs is 2. The van der Waals surface area contributed by atoms with Crippen LogP contribution in [0.5, 0.6) is 0 Å². The van der Waals surface area contributed by atoms with Gasteiger partial charge in [0.2, 0.25) is 0 Å². The van der Waals surface area contributed by atoms with Crippen molar-refractivity contribution < 1.29 is 0 Å². The monoisotopic (exact) mass is 250 g/mol. The summed E-state index contributed by atoms with van der Waals surface area (Å²) in [6.45, 7) is 2.15. The van der Waals surface area contributed by atoms with Crippen molar-refractivity contribution in [3.63, 3.8) is 0 Å². The maximum Gasteiger partial charge on any atom is 0.173 e. The third-order valence-electron chi connectivity index (χ3n) is 3.73. The quantitative estimate of drug-likeness (QED) is 0.815. The number of aliphatic imine (C=N–C) groups is 1. The first kappa shape index (κ1) is 10.6. The van der Waals surface area contributed by atoms with E-state index in [1.807, 2.05) is 30.3 Å². The van der Waals surface area contributed by atoms with Crippen LogP contribution in [-0.4, -0.2) is 27.4 Å². The van der Waals surface area contributed by atoms with E-state index in [1.54, 1.807) is 0 Å². The molecule has 94 valence electrons. The molecule has 1 aliphatic heterocycles. The minimum Gasteiger partial charge on any atom is -0.356 e. The van der Waals surface area contributed by atoms with Crippen LogP contribution in [0.1, 0.15) is 12.7 Å². The maximum absolute atomic E-state index is 4.72. The Kier molecular flexibility index (Phi) is 1.98. The Labute approximate surface area is 111 Å². The Morgan fingerprint density at radius 3 is 2.95 bits per heavy atom. The predicted octanol–water partition coefficient (Wildman–Crippen LogP) is 2.17. The minimum atomic E-state index is -0.136. The summed E-state index contributed by atoms with van der Waals surface area (Å²) in [5, 5.41) is 3.46. The van der Waals surface area contributed by atoms with Gasteiger partial charge in [0.1, 0.15) is 0 Å². The number of imidazole rings is 1. The fourth-order valence-corrected chi connectivity index (χ4v) is 2.63. The summed E-state index contributed by atoms with van der Waals surface area (Å²) in [6.07, 6.45) is 8.36. The number of aromatic amines is 1. The van der Waals surface area contributed by atoms with Gasteiger partial charge in [-0.25, -0.2) is 4.98 Å². The minimum absolute atomic E-state index is 0.136. The van der Waals surface area contributed by atoms with Crippen molar-refractivity contribution in [1.29, 1.82) is 0 Å². The van der Waals surface area contributed by atoms with Crippen LogP contribution in [0, 0.1) is 0 Å². The Hall–Kier alpha value is -2.36. The van der Waals surface area contributed by atoms with E-state index in [2.05, 4.69) is 40.4 Å². The first-order valence-electron chi connectivity index (χ1n) is 6.42. The van der Waals surface area contributed by atoms with Gasteiger partial charge in [-0.1, -0.05) is 36.4 Å². The second-order valence-corrected chi connectivity index (χ2v) is 5.18. The number of para-hydroxylation sites is 2. The Morgan fingerprint density at radius 1 is 1.21 bits per heavy atom. The highest BCUT2D eigenvalue weighted by atomic mass is 15.2. The zero-order valence-corrected chi connectivity index (χ0v) is 10.6. The number of H-pyrrole nitrogens is 1. The average molecular weight is 250 g/mol. The van der Waals surface area contributed by atoms with Crippen LogP contribution in [0.3, 0.4) is 0 Å². The van der Waals surface area contributed by atoms with E-state index < -0.39 is 0 Å². The molecule has 1 aromatic carbocycles. The first-order chi connectivity index (χ1) is 9.24. The lowest BCUT2D eigenvalue weighted by Crippen LogP contribution is -2.46. The third kappa shape index (κ3) is 1.53. The normalized spacial score (nSPS) is 28.3. The SMILES string of the molecule is CC12C=CC=CC1N=C(c1nc3ccccc3[nH]1)N2. The van der Waals surface area contributed by atoms with E-state index in [1.165, 1.54) is 0 Å². The predicted molar refractivity (Wildman–Crippen MR) is 76.2 cm³/mol. The molecular formula is C15H14N4. The van der Waals surface area contributed by atoms with Crippen LogP contribution < -0.4 is 5.32 Å². The van der Waals surface area contributed by atoms with Crippen LogP contribution in [-0.2, 0) is 0 Å². The number of nitrogens with zero attached hydrogens (tertiary/aromatic N) is 2. The van der Waals surface area contributed by atoms with Gasteiger partial charge in [-0.2, -0.15) is 0 Å². The molecule has 4 nitrogen and oxygen atoms in total. The largest absolute Gasteiger partial charge is 0.356 e. The molecular weight excluding hydrogens is 236 g/mol. The molecule has 4 rings (SSSR count). The topological polar surface area (TPSA) is 53.1 Å². The number of nitrogens with one attached hydrogen (secondary N) is 2. The van der Waals surface area contributed by atoms with Crippen LogP contribution >= 0.6 is 0 Å². The molecule has 0 saturated carbocycles. The van der Waals surface area contributed by atoms with Gasteiger partial charge in [0, 0.05) is 0 Å². The smallest absolute Gasteiger partial charge is 0.173 e. The summed E-state index contributed by atoms with van der Waals surface area (Å²) >= 11 is 0. The lowest BCUT2D eigenvalue weighted by Gasteiger charge is -2.27. The van der Waals surface area contributed by atoms with Gasteiger partial charge < -0.3 is 10.3 Å². The molecule has 2 aromatic rings. The molecule has 2 aliphatic rings. The van der Waals surface area contributed by atoms with Crippen LogP contribution in [0.4, 0.5) is 0 Å². The molecule has 2 heterocycles. The number of benzene rings is 1. The number of hydrogen-bond donors (Lipinski definition) is 2. The van der Waals surface area contributed by atoms with E-state index in [0.717, 1.165) is 22.7 Å². The molecule has 0 radical (unpaired) electrons. The Morgan fingerprint density at radius 2 is 2.11 bits per heavy atom. The number of allylic oxidation sites excluding steroid dienone is 2. The van der Waals surface area contributed by atoms with Crippen molar-refractivity contribution in [1.82, 2.24) is 15.3 Å². The highest BCUT2D eigenvalue weighted by molar-refractivity contribution is 6.00. The average Bonchev–Trinajstić information content (AvgIpc) is 2.98. The van der Waals surface area contributed by atoms with E-state index in [4.69, 9.17) is 4.99 Å². The van der Waals surface area contributed by atoms with Crippen LogP contribution in [0.15, 0.2) is 53.6 Å². The zero-order valence-electron chi connectivity index (χ0n) is 10.6. The van der Waals surface area contributed by atoms with Crippen molar-refractivity contribution in [3.8, 4) is 0 Å². The molecule has 1 aliphatic carbocycles. The fraction of sp³-hybridized carbons (Fsp3) is 0.200. The fourth-order valence-electron chi connectivity index (χ4n) is 2.63. The summed E-state index contributed by atoms with van der Waals surface area (Å²) < 4.78 is 0. The summed E-state index contributed by atoms with van der Waals surface area (Å²) in [5.41, 5.74) is 1.87. The van der Waals surface area contributed by atoms with Gasteiger partial charge in [-0.3, -0.25) is 4.99 Å². The molecule has 0 saturated heterocycles. The first-order valence-corrected chi connectivity index (χ1v) is 6.42. The van der Waals surface area contributed by atoms with Gasteiger partial charge in [0.05, 0.1) is 22.6 Å². The second kappa shape index (κ2) is 3.57. The summed E-state index contributed by atoms with van der Waals surface area (Å²) in [4.78, 5) is 12.6. The molecule has 2 N–H and O–H groups in total. The Balaban J connectivity index is 1.77. The van der Waals surface area contributed by atoms with Crippen LogP contribution in [0.2, 0.25) is 0 Å². The molecule has 0 bridgehead atoms. The third-order valence-corrected chi connectivity index (χ3v) is 3.73. The van der Waals surface area contributed by atoms with Gasteiger partial charge in [-0.15, -0.1) is 0 Å². The van der Waals surface area contributed by atoms with E-state index in [9.17, 15) is 0 Å². The highest BCUT2D eigenvalue weighted by Crippen LogP contribution is 2.26. The van der Waals surface area contributed by atoms with Gasteiger partial charge >= 0.3 is 0 Å². The number of hydrogen-bond acceptors (Lipinski definition) is 3. The van der Waals surface area contributed by atoms with Crippen molar-refractivity contribution in [3.05, 3.63) is 54.4 Å². The highest BCUT2D eigenvalue weighted by Gasteiger charge is 2.38. The van der Waals surface area contributed by atoms with E-state index in [-0.39, 0.29) is 11.6 Å². The lowest BCUT2D eigenvalue weighted by molar-refractivity contribution is 0.501. The zero-order chi connectivity index (χ0) is 12.9. The summed E-state index contributed by atoms with van der Waals surface area (Å²) in [5.74, 6) is 1.64. The molecule has 0 amide bonds. The lowest BCUT2D eigenvalue weighted by atomic mass is 9.90. The molecule has 19 heavy (non-hydrogen) atoms. The molecule has 2 atom stereocenters. The second-order valence-electron chi connectivity index (χ2n) is 5.18. The van der Waals surface area contributed by atoms with Crippen molar-refractivity contribution >= 4 is 16.9 Å². The number of aromatic nitrogens is 2. The van der Waals surface area contributed by atoms with E-state index in [0.29, 0.717) is 0 Å². The van der Waals surface area contributed by atoms with Crippen molar-refractivity contribution in [2.45, 2.75) is 18.5 Å². The maximum atomic E-state index is 4.72. The molecule has 4 heteroatoms. The number of amidine groups is 1. The molecule has 1 aromatic heterocycles. The van der Waals surface area contributed by atoms with E-state index >= 15 is 0 Å². The molecule has 0 spiro atoms. The molecule has 2 unspecified atom stereocenters. The van der Waals surface area contributed by atoms with Crippen LogP contribution in [0.25, 0.3) is 11.0 Å². The number of rotatable bonds is 1. The van der Waals surface area contributed by atoms with Gasteiger partial charge in [0.25, 0.3) is 0 Å². The van der Waals surface area contributed by atoms with Crippen molar-refractivity contribution in [2.24, 2.45) is 4.99 Å². The standard InChI is InChI=1S/C15H14N4/c1-15-9-5-4-8-12(15)18-14(19-15)13-16-10-6-2-3-7-11(10)17-13/h2-9,12H,1H3,(H,16,17)(H,18,19). The van der Waals surface area contributed by atoms with Crippen molar-refractivity contribution in [2.75, 3.05) is 0 Å². The van der Waals surface area contributed by atoms with Gasteiger partial charge in [-0.05, 0) is 19.1 Å². The Bertz CT molecular complexity index is 704. The van der Waals surface area contributed by atoms with Gasteiger partial charge in [0.15, 0.2) is 11.7 Å². The summed E-state index contributed by atoms with van der Waals surface area (Å²) in [7, 11) is 0. The molecule has 0 fully saturated rings.